The predicted molar refractivity (Wildman–Crippen MR) is 292 cm³/mol. The fourth-order valence-corrected chi connectivity index (χ4v) is 8.44. The topological polar surface area (TPSA) is 9.23 Å². The van der Waals surface area contributed by atoms with E-state index in [9.17, 15) is 35.1 Å². The molecule has 3 unspecified atom stereocenters. The van der Waals surface area contributed by atoms with E-state index in [2.05, 4.69) is 78.8 Å². The first kappa shape index (κ1) is 81.7. The molecule has 5 aromatic rings. The van der Waals surface area contributed by atoms with Crippen molar-refractivity contribution in [1.82, 2.24) is 0 Å². The van der Waals surface area contributed by atoms with Crippen LogP contribution in [0.5, 0.6) is 5.75 Å². The van der Waals surface area contributed by atoms with E-state index in [1.54, 1.807) is 42.8 Å². The average Bonchev–Trinajstić information content (AvgIpc) is 3.35. The summed E-state index contributed by atoms with van der Waals surface area (Å²) in [5, 5.41) is 0.118. The summed E-state index contributed by atoms with van der Waals surface area (Å²) in [4.78, 5) is 0. The van der Waals surface area contributed by atoms with Gasteiger partial charge in [-0.1, -0.05) is 132 Å². The largest absolute Gasteiger partial charge is 0.487 e. The van der Waals surface area contributed by atoms with Crippen molar-refractivity contribution in [3.05, 3.63) is 169 Å². The molecule has 1 fully saturated rings. The second-order valence-corrected chi connectivity index (χ2v) is 21.2. The van der Waals surface area contributed by atoms with Crippen molar-refractivity contribution in [1.29, 1.82) is 0 Å². The van der Waals surface area contributed by atoms with Crippen molar-refractivity contribution >= 4 is 10.8 Å². The first-order valence-electron chi connectivity index (χ1n) is 25.9. The number of allylic oxidation sites excluding steroid dienone is 4. The number of halogens is 8. The van der Waals surface area contributed by atoms with Crippen molar-refractivity contribution in [3.63, 3.8) is 0 Å². The molecule has 1 heterocycles. The Hall–Kier alpha value is 0.483. The number of ether oxygens (including phenoxy) is 1. The van der Waals surface area contributed by atoms with Gasteiger partial charge in [-0.2, -0.15) is 4.39 Å². The SMILES string of the molecule is C.CC1=C(F)CC(C)CC1.CC1=CCC(C)CC1.CC1CCC(C)CC1.Cc1cc2c(c(F)c1F)OC(C)CC2.Cc1cc2ccc(C)c(F)c2c(F)c1F.Cc1ccc(C)c(F)c1F.Cc1ccc(C)cc1.[Nd].[Nd].[Nd].[Nd]. The van der Waals surface area contributed by atoms with Gasteiger partial charge in [0.15, 0.2) is 34.8 Å². The van der Waals surface area contributed by atoms with E-state index in [4.69, 9.17) is 4.74 Å². The number of hydrogen-bond donors (Lipinski definition) is 0. The van der Waals surface area contributed by atoms with Crippen LogP contribution in [0.1, 0.15) is 171 Å². The van der Waals surface area contributed by atoms with E-state index in [0.717, 1.165) is 48.2 Å². The van der Waals surface area contributed by atoms with Crippen LogP contribution in [0.15, 0.2) is 83.7 Å². The van der Waals surface area contributed by atoms with Gasteiger partial charge in [0.25, 0.3) is 0 Å². The van der Waals surface area contributed by atoms with Gasteiger partial charge in [0.05, 0.1) is 17.3 Å². The second-order valence-electron chi connectivity index (χ2n) is 21.2. The fraction of sp³-hybridized carbons (Fsp3) is 0.500. The van der Waals surface area contributed by atoms with E-state index < -0.39 is 40.7 Å². The molecule has 0 spiro atoms. The van der Waals surface area contributed by atoms with Crippen LogP contribution in [0.4, 0.5) is 35.1 Å². The zero-order valence-electron chi connectivity index (χ0n) is 47.7. The summed E-state index contributed by atoms with van der Waals surface area (Å²) in [6.45, 7) is 27.0. The van der Waals surface area contributed by atoms with Gasteiger partial charge in [-0.3, -0.25) is 0 Å². The molecular formula is C64H86F8Nd4O. The first-order chi connectivity index (χ1) is 33.8. The zero-order valence-corrected chi connectivity index (χ0v) is 60.5. The van der Waals surface area contributed by atoms with Crippen LogP contribution in [0.3, 0.4) is 0 Å². The number of rotatable bonds is 0. The summed E-state index contributed by atoms with van der Waals surface area (Å²) in [6, 6.07) is 17.9. The van der Waals surface area contributed by atoms with Gasteiger partial charge in [-0.25, -0.2) is 30.7 Å². The van der Waals surface area contributed by atoms with Crippen molar-refractivity contribution in [2.24, 2.45) is 23.7 Å². The van der Waals surface area contributed by atoms with Crippen LogP contribution in [0.25, 0.3) is 10.8 Å². The predicted octanol–water partition coefficient (Wildman–Crippen LogP) is 21.0. The molecule has 0 bridgehead atoms. The summed E-state index contributed by atoms with van der Waals surface area (Å²) in [5.41, 5.74) is 7.53. The van der Waals surface area contributed by atoms with E-state index in [1.807, 2.05) is 13.8 Å². The number of benzene rings is 5. The van der Waals surface area contributed by atoms with Crippen LogP contribution in [-0.4, -0.2) is 6.10 Å². The molecule has 13 heteroatoms. The third-order valence-electron chi connectivity index (χ3n) is 14.0. The minimum Gasteiger partial charge on any atom is -0.487 e. The van der Waals surface area contributed by atoms with E-state index in [1.165, 1.54) is 96.3 Å². The van der Waals surface area contributed by atoms with Crippen molar-refractivity contribution < 1.29 is 203 Å². The Morgan fingerprint density at radius 2 is 0.844 bits per heavy atom. The molecule has 0 amide bonds. The smallest absolute Gasteiger partial charge is 0.201 e. The van der Waals surface area contributed by atoms with E-state index in [0.29, 0.717) is 40.0 Å². The van der Waals surface area contributed by atoms with Crippen LogP contribution in [-0.2, 0) is 6.42 Å². The van der Waals surface area contributed by atoms with Crippen LogP contribution in [0, 0.1) is 276 Å². The molecule has 0 saturated heterocycles. The van der Waals surface area contributed by atoms with Crippen molar-refractivity contribution in [3.8, 4) is 5.75 Å². The normalized spacial score (nSPS) is 18.7. The van der Waals surface area contributed by atoms with Crippen LogP contribution < -0.4 is 4.74 Å². The Labute approximate surface area is 591 Å². The quantitative estimate of drug-likeness (QED) is 0.111. The molecule has 0 N–H and O–H groups in total. The van der Waals surface area contributed by atoms with Gasteiger partial charge in [-0.15, -0.1) is 0 Å². The molecule has 420 valence electrons. The summed E-state index contributed by atoms with van der Waals surface area (Å²) in [5.74, 6) is -2.10. The molecular weight excluding hydrogens is 1510 g/mol. The molecule has 3 atom stereocenters. The third kappa shape index (κ3) is 28.3. The molecule has 0 aromatic heterocycles. The molecule has 4 aliphatic rings. The molecule has 9 rings (SSSR count). The Morgan fingerprint density at radius 1 is 0.416 bits per heavy atom. The standard InChI is InChI=1S/C12H9F3.C11H12F2O.C8H8F2.C8H13F.C8H16.C8H14.C8H10.CH4.4Nd/c1-6-3-4-8-5-7(2)11(14)12(15)9(8)10(6)13;1-6-5-8-4-3-7(2)14-11(8)10(13)9(6)12;1-5-3-4-6(2)8(10)7(5)9;1-6-3-4-7(2)8(9)5-6;3*1-7-3-5-8(2)6-4-7;;;;;/h3-5H,1-2H3;5,7H,3-4H2,1-2H3;3-4H,1-2H3;6H,3-5H2,1-2H3;7-8H,3-6H2,1-2H3;3,8H,4-6H2,1-2H3;3-6H,1-2H3;1H4;;;;. The number of fused-ring (bicyclic) bond motifs is 2. The van der Waals surface area contributed by atoms with Gasteiger partial charge in [0.2, 0.25) is 5.82 Å². The van der Waals surface area contributed by atoms with Crippen LogP contribution in [0.2, 0.25) is 0 Å². The average molecular weight is 1600 g/mol. The van der Waals surface area contributed by atoms with Gasteiger partial charge < -0.3 is 4.74 Å². The summed E-state index contributed by atoms with van der Waals surface area (Å²) >= 11 is 0. The maximum atomic E-state index is 13.6. The van der Waals surface area contributed by atoms with Crippen LogP contribution >= 0.6 is 0 Å². The van der Waals surface area contributed by atoms with Crippen molar-refractivity contribution in [2.45, 2.75) is 188 Å². The molecule has 1 nitrogen and oxygen atoms in total. The van der Waals surface area contributed by atoms with Crippen molar-refractivity contribution in [2.75, 3.05) is 0 Å². The second kappa shape index (κ2) is 41.5. The zero-order chi connectivity index (χ0) is 54.0. The third-order valence-corrected chi connectivity index (χ3v) is 14.0. The molecule has 5 aromatic carbocycles. The Bertz CT molecular complexity index is 2530. The van der Waals surface area contributed by atoms with Gasteiger partial charge >= 0.3 is 0 Å². The van der Waals surface area contributed by atoms with Gasteiger partial charge in [0, 0.05) is 170 Å². The number of aryl methyl sites for hydroxylation is 8. The molecule has 77 heavy (non-hydrogen) atoms. The van der Waals surface area contributed by atoms with Gasteiger partial charge in [-0.05, 0) is 194 Å². The summed E-state index contributed by atoms with van der Waals surface area (Å²) < 4.78 is 110. The van der Waals surface area contributed by atoms with E-state index >= 15 is 0 Å². The Morgan fingerprint density at radius 3 is 1.29 bits per heavy atom. The fourth-order valence-electron chi connectivity index (χ4n) is 8.44. The minimum absolute atomic E-state index is 0. The number of hydrogen-bond acceptors (Lipinski definition) is 1. The first-order valence-corrected chi connectivity index (χ1v) is 25.9. The van der Waals surface area contributed by atoms with Gasteiger partial charge in [0.1, 0.15) is 5.82 Å². The Kier molecular flexibility index (Phi) is 44.0. The molecule has 1 aliphatic heterocycles. The maximum Gasteiger partial charge on any atom is 0.201 e. The molecule has 3 aliphatic carbocycles. The monoisotopic (exact) mass is 1590 g/mol. The maximum absolute atomic E-state index is 13.6. The molecule has 1 saturated carbocycles. The Balaban J connectivity index is -0.000000833. The molecule has 0 radical (unpaired) electrons. The minimum atomic E-state index is -1.11. The summed E-state index contributed by atoms with van der Waals surface area (Å²) in [6.07, 6.45) is 16.7. The van der Waals surface area contributed by atoms with E-state index in [-0.39, 0.29) is 199 Å². The summed E-state index contributed by atoms with van der Waals surface area (Å²) in [7, 11) is 0.